The van der Waals surface area contributed by atoms with Crippen LogP contribution in [0.25, 0.3) is 0 Å². The molecule has 0 radical (unpaired) electrons. The van der Waals surface area contributed by atoms with E-state index in [0.29, 0.717) is 18.0 Å². The van der Waals surface area contributed by atoms with Crippen molar-refractivity contribution in [3.63, 3.8) is 0 Å². The maximum atomic E-state index is 12.9. The molecule has 26 heavy (non-hydrogen) atoms. The van der Waals surface area contributed by atoms with E-state index in [1.54, 1.807) is 0 Å². The molecule has 1 aromatic rings. The number of rotatable bonds is 5. The predicted molar refractivity (Wildman–Crippen MR) is 101 cm³/mol. The maximum Gasteiger partial charge on any atom is 0.274 e. The van der Waals surface area contributed by atoms with E-state index in [0.717, 1.165) is 64.0 Å². The van der Waals surface area contributed by atoms with Gasteiger partial charge in [-0.15, -0.1) is 0 Å². The van der Waals surface area contributed by atoms with Crippen LogP contribution in [0, 0.1) is 5.41 Å². The molecule has 0 bridgehead atoms. The van der Waals surface area contributed by atoms with Gasteiger partial charge in [-0.25, -0.2) is 0 Å². The van der Waals surface area contributed by atoms with Crippen molar-refractivity contribution in [1.82, 2.24) is 20.0 Å². The second kappa shape index (κ2) is 7.80. The minimum Gasteiger partial charge on any atom is -0.342 e. The third kappa shape index (κ3) is 3.94. The molecule has 1 aromatic heterocycles. The molecule has 2 saturated heterocycles. The number of aromatic amines is 1. The van der Waals surface area contributed by atoms with Crippen LogP contribution in [0.5, 0.6) is 0 Å². The van der Waals surface area contributed by atoms with Gasteiger partial charge in [0.25, 0.3) is 5.91 Å². The van der Waals surface area contributed by atoms with Crippen LogP contribution in [-0.4, -0.2) is 58.0 Å². The van der Waals surface area contributed by atoms with Crippen LogP contribution < -0.4 is 0 Å². The quantitative estimate of drug-likeness (QED) is 0.877. The predicted octanol–water partition coefficient (Wildman–Crippen LogP) is 3.18. The number of aromatic nitrogens is 2. The zero-order chi connectivity index (χ0) is 18.7. The van der Waals surface area contributed by atoms with Crippen LogP contribution in [0.4, 0.5) is 0 Å². The number of nitrogens with one attached hydrogen (secondary N) is 1. The van der Waals surface area contributed by atoms with E-state index in [1.165, 1.54) is 0 Å². The minimum atomic E-state index is 0.0178. The smallest absolute Gasteiger partial charge is 0.274 e. The fraction of sp³-hybridized carbons (Fsp3) is 0.750. The maximum absolute atomic E-state index is 12.9. The van der Waals surface area contributed by atoms with E-state index in [4.69, 9.17) is 0 Å². The topological polar surface area (TPSA) is 69.3 Å². The van der Waals surface area contributed by atoms with Crippen molar-refractivity contribution in [2.45, 2.75) is 65.2 Å². The Kier molecular flexibility index (Phi) is 5.68. The Morgan fingerprint density at radius 3 is 2.85 bits per heavy atom. The second-order valence-electron chi connectivity index (χ2n) is 8.36. The highest BCUT2D eigenvalue weighted by molar-refractivity contribution is 5.92. The van der Waals surface area contributed by atoms with Gasteiger partial charge in [-0.3, -0.25) is 14.7 Å². The summed E-state index contributed by atoms with van der Waals surface area (Å²) < 4.78 is 0. The molecular formula is C20H32N4O2. The first-order valence-corrected chi connectivity index (χ1v) is 10.1. The molecule has 6 heteroatoms. The lowest BCUT2D eigenvalue weighted by atomic mass is 9.73. The van der Waals surface area contributed by atoms with Gasteiger partial charge in [-0.05, 0) is 37.7 Å². The average molecular weight is 361 g/mol. The summed E-state index contributed by atoms with van der Waals surface area (Å²) in [6.07, 6.45) is 5.77. The number of unbranched alkanes of at least 4 members (excludes halogenated alkanes) is 1. The fourth-order valence-corrected chi connectivity index (χ4v) is 4.27. The largest absolute Gasteiger partial charge is 0.342 e. The summed E-state index contributed by atoms with van der Waals surface area (Å²) in [5, 5.41) is 7.21. The summed E-state index contributed by atoms with van der Waals surface area (Å²) in [6.45, 7) is 9.50. The Balaban J connectivity index is 1.69. The molecule has 6 nitrogen and oxygen atoms in total. The fourth-order valence-electron chi connectivity index (χ4n) is 4.27. The van der Waals surface area contributed by atoms with Crippen molar-refractivity contribution in [3.05, 3.63) is 17.5 Å². The Labute approximate surface area is 156 Å². The van der Waals surface area contributed by atoms with Gasteiger partial charge >= 0.3 is 0 Å². The van der Waals surface area contributed by atoms with Crippen LogP contribution in [-0.2, 0) is 4.79 Å². The van der Waals surface area contributed by atoms with Crippen LogP contribution in [0.15, 0.2) is 6.07 Å². The van der Waals surface area contributed by atoms with E-state index < -0.39 is 0 Å². The molecule has 1 unspecified atom stereocenters. The van der Waals surface area contributed by atoms with Crippen molar-refractivity contribution >= 4 is 11.8 Å². The number of piperidine rings is 2. The highest BCUT2D eigenvalue weighted by atomic mass is 16.2. The number of H-pyrrole nitrogens is 1. The first-order chi connectivity index (χ1) is 12.4. The Bertz CT molecular complexity index is 654. The number of amides is 2. The van der Waals surface area contributed by atoms with Gasteiger partial charge in [-0.1, -0.05) is 27.2 Å². The molecule has 1 N–H and O–H groups in total. The first kappa shape index (κ1) is 18.9. The first-order valence-electron chi connectivity index (χ1n) is 10.1. The van der Waals surface area contributed by atoms with Crippen LogP contribution in [0.1, 0.15) is 81.4 Å². The highest BCUT2D eigenvalue weighted by Gasteiger charge is 2.42. The monoisotopic (exact) mass is 360 g/mol. The van der Waals surface area contributed by atoms with Crippen molar-refractivity contribution in [2.24, 2.45) is 5.41 Å². The molecule has 2 aliphatic rings. The summed E-state index contributed by atoms with van der Waals surface area (Å²) in [6, 6.07) is 1.88. The summed E-state index contributed by atoms with van der Waals surface area (Å²) >= 11 is 0. The zero-order valence-corrected chi connectivity index (χ0v) is 16.4. The Morgan fingerprint density at radius 1 is 1.35 bits per heavy atom. The van der Waals surface area contributed by atoms with Gasteiger partial charge < -0.3 is 9.80 Å². The number of hydrogen-bond donors (Lipinski definition) is 1. The summed E-state index contributed by atoms with van der Waals surface area (Å²) in [7, 11) is 0. The number of carbonyl (C=O) groups excluding carboxylic acids is 2. The number of hydrogen-bond acceptors (Lipinski definition) is 3. The van der Waals surface area contributed by atoms with E-state index >= 15 is 0 Å². The molecular weight excluding hydrogens is 328 g/mol. The summed E-state index contributed by atoms with van der Waals surface area (Å²) in [5.41, 5.74) is 1.57. The molecule has 1 atom stereocenters. The van der Waals surface area contributed by atoms with Crippen molar-refractivity contribution in [1.29, 1.82) is 0 Å². The standard InChI is InChI=1S/C20H32N4O2/c1-4-5-10-23-13-20(9-7-18(23)25)8-6-11-24(14-20)19(26)17-12-16(15(2)3)21-22-17/h12,15H,4-11,13-14H2,1-3H3,(H,21,22). The lowest BCUT2D eigenvalue weighted by Crippen LogP contribution is -2.55. The molecule has 3 rings (SSSR count). The molecule has 2 aliphatic heterocycles. The number of nitrogens with zero attached hydrogens (tertiary/aromatic N) is 3. The Hall–Kier alpha value is -1.85. The van der Waals surface area contributed by atoms with E-state index in [-0.39, 0.29) is 17.2 Å². The van der Waals surface area contributed by atoms with Gasteiger partial charge in [0.05, 0.1) is 0 Å². The molecule has 0 aliphatic carbocycles. The minimum absolute atomic E-state index is 0.0178. The van der Waals surface area contributed by atoms with Crippen LogP contribution >= 0.6 is 0 Å². The Morgan fingerprint density at radius 2 is 2.15 bits per heavy atom. The number of carbonyl (C=O) groups is 2. The lowest BCUT2D eigenvalue weighted by Gasteiger charge is -2.48. The molecule has 0 saturated carbocycles. The third-order valence-corrected chi connectivity index (χ3v) is 5.92. The third-order valence-electron chi connectivity index (χ3n) is 5.92. The van der Waals surface area contributed by atoms with Gasteiger partial charge in [0, 0.05) is 43.7 Å². The normalized spacial score (nSPS) is 23.9. The average Bonchev–Trinajstić information content (AvgIpc) is 3.13. The second-order valence-corrected chi connectivity index (χ2v) is 8.36. The molecule has 3 heterocycles. The van der Waals surface area contributed by atoms with Gasteiger partial charge in [0.15, 0.2) is 0 Å². The summed E-state index contributed by atoms with van der Waals surface area (Å²) in [5.74, 6) is 0.624. The van der Waals surface area contributed by atoms with Gasteiger partial charge in [0.1, 0.15) is 5.69 Å². The zero-order valence-electron chi connectivity index (χ0n) is 16.4. The molecule has 2 amide bonds. The SMILES string of the molecule is CCCCN1CC2(CCCN(C(=O)c3cc(C(C)C)[nH]n3)C2)CCC1=O. The number of likely N-dealkylation sites (tertiary alicyclic amines) is 2. The van der Waals surface area contributed by atoms with E-state index in [2.05, 4.69) is 31.0 Å². The molecule has 2 fully saturated rings. The lowest BCUT2D eigenvalue weighted by molar-refractivity contribution is -0.139. The van der Waals surface area contributed by atoms with Crippen molar-refractivity contribution in [3.8, 4) is 0 Å². The summed E-state index contributed by atoms with van der Waals surface area (Å²) in [4.78, 5) is 29.2. The van der Waals surface area contributed by atoms with Crippen molar-refractivity contribution < 1.29 is 9.59 Å². The van der Waals surface area contributed by atoms with E-state index in [9.17, 15) is 9.59 Å². The molecule has 0 aromatic carbocycles. The van der Waals surface area contributed by atoms with Crippen LogP contribution in [0.2, 0.25) is 0 Å². The molecule has 1 spiro atoms. The van der Waals surface area contributed by atoms with Crippen molar-refractivity contribution in [2.75, 3.05) is 26.2 Å². The van der Waals surface area contributed by atoms with Gasteiger partial charge in [0.2, 0.25) is 5.91 Å². The van der Waals surface area contributed by atoms with E-state index in [1.807, 2.05) is 15.9 Å². The highest BCUT2D eigenvalue weighted by Crippen LogP contribution is 2.39. The van der Waals surface area contributed by atoms with Crippen LogP contribution in [0.3, 0.4) is 0 Å². The van der Waals surface area contributed by atoms with Gasteiger partial charge in [-0.2, -0.15) is 5.10 Å². The molecule has 144 valence electrons.